The molecule has 0 saturated heterocycles. The third-order valence-electron chi connectivity index (χ3n) is 1.99. The van der Waals surface area contributed by atoms with Gasteiger partial charge in [0.2, 0.25) is 0 Å². The van der Waals surface area contributed by atoms with Gasteiger partial charge in [0, 0.05) is 0 Å². The van der Waals surface area contributed by atoms with E-state index in [4.69, 9.17) is 0 Å². The van der Waals surface area contributed by atoms with E-state index in [9.17, 15) is 0 Å². The molecule has 0 aromatic heterocycles. The van der Waals surface area contributed by atoms with Crippen LogP contribution < -0.4 is 0 Å². The molecule has 0 N–H and O–H groups in total. The molecule has 0 unspecified atom stereocenters. The summed E-state index contributed by atoms with van der Waals surface area (Å²) in [6.45, 7) is 4.48. The summed E-state index contributed by atoms with van der Waals surface area (Å²) in [7, 11) is 0. The first-order chi connectivity index (χ1) is 4.79. The van der Waals surface area contributed by atoms with Gasteiger partial charge in [0.1, 0.15) is 0 Å². The van der Waals surface area contributed by atoms with Gasteiger partial charge < -0.3 is 2.85 Å². The molecule has 0 saturated carbocycles. The van der Waals surface area contributed by atoms with Gasteiger partial charge in [-0.1, -0.05) is 0 Å². The van der Waals surface area contributed by atoms with E-state index in [1.807, 2.05) is 0 Å². The van der Waals surface area contributed by atoms with Gasteiger partial charge in [-0.3, -0.25) is 0 Å². The fourth-order valence-electron chi connectivity index (χ4n) is 1.42. The molecule has 10 heavy (non-hydrogen) atoms. The fourth-order valence-corrected chi connectivity index (χ4v) is 2.31. The Morgan fingerprint density at radius 1 is 1.50 bits per heavy atom. The third-order valence-corrected chi connectivity index (χ3v) is 3.01. The largest absolute Gasteiger partial charge is 1.00 e. The van der Waals surface area contributed by atoms with Gasteiger partial charge in [0.05, 0.1) is 0 Å². The van der Waals surface area contributed by atoms with Crippen LogP contribution in [0.25, 0.3) is 0 Å². The Labute approximate surface area is 77.3 Å². The second-order valence-corrected chi connectivity index (χ2v) is 3.75. The molecule has 0 aromatic carbocycles. The molecular weight excluding hydrogens is 204 g/mol. The minimum absolute atomic E-state index is 0. The molecule has 0 spiro atoms. The van der Waals surface area contributed by atoms with E-state index in [0.717, 1.165) is 0 Å². The summed E-state index contributed by atoms with van der Waals surface area (Å²) in [6.07, 6.45) is 6.00. The smallest absolute Gasteiger partial charge is 1.00 e. The Balaban J connectivity index is 0. The summed E-state index contributed by atoms with van der Waals surface area (Å²) in [5.41, 5.74) is 3.20. The molecule has 1 rings (SSSR count). The van der Waals surface area contributed by atoms with Gasteiger partial charge in [0.15, 0.2) is 0 Å². The summed E-state index contributed by atoms with van der Waals surface area (Å²) in [6, 6.07) is 0. The van der Waals surface area contributed by atoms with Crippen molar-refractivity contribution < 1.29 is 22.7 Å². The third kappa shape index (κ3) is 1.42. The summed E-state index contributed by atoms with van der Waals surface area (Å²) in [5, 5.41) is 0. The van der Waals surface area contributed by atoms with Crippen molar-refractivity contribution >= 4 is 0 Å². The van der Waals surface area contributed by atoms with Gasteiger partial charge in [-0.25, -0.2) is 0 Å². The molecule has 0 aromatic rings. The number of hydrogen-bond donors (Lipinski definition) is 0. The molecule has 0 fully saturated rings. The first-order valence-corrected chi connectivity index (χ1v) is 4.88. The van der Waals surface area contributed by atoms with Crippen molar-refractivity contribution in [2.45, 2.75) is 33.1 Å². The zero-order valence-electron chi connectivity index (χ0n) is 8.61. The average molecular weight is 219 g/mol. The minimum atomic E-state index is 0. The summed E-state index contributed by atoms with van der Waals surface area (Å²) >= 11 is 2.18. The standard InChI is InChI=1S/C9H13.Mo.2H/c1-3-8-6-5-7-9(8)4-2;;;/h6H,3-5H2,1-2H3;;;/q;;2*-1. The molecule has 1 aliphatic rings. The van der Waals surface area contributed by atoms with Crippen LogP contribution in [0.15, 0.2) is 21.2 Å². The molecule has 59 valence electrons. The molecule has 0 nitrogen and oxygen atoms in total. The van der Waals surface area contributed by atoms with E-state index in [-0.39, 0.29) is 2.85 Å². The minimum Gasteiger partial charge on any atom is -1.00 e. The SMILES string of the molecule is CCC1=CC[C]([Mo])=C1CC.[H-].[H-]. The van der Waals surface area contributed by atoms with Crippen molar-refractivity contribution in [3.8, 4) is 0 Å². The van der Waals surface area contributed by atoms with Crippen LogP contribution >= 0.6 is 0 Å². The Hall–Kier alpha value is 0.168. The van der Waals surface area contributed by atoms with E-state index in [2.05, 4.69) is 39.7 Å². The molecule has 1 aliphatic carbocycles. The summed E-state index contributed by atoms with van der Waals surface area (Å²) in [5.74, 6) is 0. The average Bonchev–Trinajstić information content (AvgIpc) is 2.30. The Morgan fingerprint density at radius 3 is 2.60 bits per heavy atom. The van der Waals surface area contributed by atoms with Gasteiger partial charge in [-0.15, -0.1) is 0 Å². The number of hydrogen-bond acceptors (Lipinski definition) is 0. The molecule has 0 bridgehead atoms. The van der Waals surface area contributed by atoms with E-state index in [1.54, 1.807) is 15.1 Å². The topological polar surface area (TPSA) is 0 Å². The van der Waals surface area contributed by atoms with Crippen LogP contribution in [0, 0.1) is 0 Å². The van der Waals surface area contributed by atoms with Gasteiger partial charge in [-0.05, 0) is 0 Å². The second kappa shape index (κ2) is 3.53. The molecule has 0 radical (unpaired) electrons. The Morgan fingerprint density at radius 2 is 2.20 bits per heavy atom. The molecule has 0 amide bonds. The van der Waals surface area contributed by atoms with Gasteiger partial charge in [-0.2, -0.15) is 0 Å². The Bertz CT molecular complexity index is 195. The molecule has 0 heterocycles. The van der Waals surface area contributed by atoms with E-state index < -0.39 is 0 Å². The summed E-state index contributed by atoms with van der Waals surface area (Å²) < 4.78 is 1.59. The molecule has 0 atom stereocenters. The van der Waals surface area contributed by atoms with Crippen molar-refractivity contribution in [1.29, 1.82) is 0 Å². The van der Waals surface area contributed by atoms with Crippen LogP contribution in [0.1, 0.15) is 36.0 Å². The number of rotatable bonds is 2. The van der Waals surface area contributed by atoms with E-state index in [1.165, 1.54) is 19.3 Å². The molecule has 0 aliphatic heterocycles. The quantitative estimate of drug-likeness (QED) is 0.626. The monoisotopic (exact) mass is 221 g/mol. The van der Waals surface area contributed by atoms with Crippen LogP contribution in [0.2, 0.25) is 0 Å². The maximum absolute atomic E-state index is 2.37. The van der Waals surface area contributed by atoms with E-state index >= 15 is 0 Å². The first-order valence-electron chi connectivity index (χ1n) is 3.88. The van der Waals surface area contributed by atoms with Crippen molar-refractivity contribution in [3.63, 3.8) is 0 Å². The van der Waals surface area contributed by atoms with Gasteiger partial charge in [0.25, 0.3) is 0 Å². The van der Waals surface area contributed by atoms with Gasteiger partial charge >= 0.3 is 74.1 Å². The van der Waals surface area contributed by atoms with Crippen molar-refractivity contribution in [2.24, 2.45) is 0 Å². The van der Waals surface area contributed by atoms with E-state index in [0.29, 0.717) is 0 Å². The van der Waals surface area contributed by atoms with Crippen molar-refractivity contribution in [3.05, 3.63) is 21.2 Å². The normalized spacial score (nSPS) is 18.0. The molecular formula is C9H15Mo-2. The Kier molecular flexibility index (Phi) is 2.92. The van der Waals surface area contributed by atoms with Crippen LogP contribution in [-0.4, -0.2) is 0 Å². The predicted octanol–water partition coefficient (Wildman–Crippen LogP) is 3.16. The van der Waals surface area contributed by atoms with Crippen molar-refractivity contribution in [1.82, 2.24) is 0 Å². The zero-order chi connectivity index (χ0) is 7.56. The zero-order valence-corrected chi connectivity index (χ0v) is 8.61. The fraction of sp³-hybridized carbons (Fsp3) is 0.556. The first kappa shape index (κ1) is 8.27. The predicted molar refractivity (Wildman–Crippen MR) is 42.5 cm³/mol. The molecule has 1 heteroatoms. The van der Waals surface area contributed by atoms with Crippen LogP contribution in [0.5, 0.6) is 0 Å². The maximum Gasteiger partial charge on any atom is -1.00 e. The van der Waals surface area contributed by atoms with Crippen LogP contribution in [-0.2, 0) is 19.8 Å². The van der Waals surface area contributed by atoms with Crippen LogP contribution in [0.3, 0.4) is 0 Å². The second-order valence-electron chi connectivity index (χ2n) is 2.54. The summed E-state index contributed by atoms with van der Waals surface area (Å²) in [4.78, 5) is 0. The number of allylic oxidation sites excluding steroid dienone is 4. The van der Waals surface area contributed by atoms with Crippen LogP contribution in [0.4, 0.5) is 0 Å². The maximum atomic E-state index is 2.37. The van der Waals surface area contributed by atoms with Crippen molar-refractivity contribution in [2.75, 3.05) is 0 Å².